The molecule has 0 fully saturated rings. The predicted molar refractivity (Wildman–Crippen MR) is 120 cm³/mol. The molecule has 10 heteroatoms. The highest BCUT2D eigenvalue weighted by atomic mass is 32.1. The lowest BCUT2D eigenvalue weighted by Crippen LogP contribution is -2.23. The maximum atomic E-state index is 12.5. The summed E-state index contributed by atoms with van der Waals surface area (Å²) in [5.41, 5.74) is 2.87. The Morgan fingerprint density at radius 2 is 1.94 bits per heavy atom. The zero-order chi connectivity index (χ0) is 23.4. The van der Waals surface area contributed by atoms with Crippen LogP contribution in [0.15, 0.2) is 41.8 Å². The number of nitro groups is 1. The fourth-order valence-electron chi connectivity index (χ4n) is 3.12. The van der Waals surface area contributed by atoms with Crippen molar-refractivity contribution < 1.29 is 24.0 Å². The summed E-state index contributed by atoms with van der Waals surface area (Å²) >= 11 is 1.24. The number of aryl methyl sites for hydroxylation is 2. The zero-order valence-electron chi connectivity index (χ0n) is 17.9. The number of carbonyl (C=O) groups excluding carboxylic acids is 2. The molecule has 1 aromatic heterocycles. The summed E-state index contributed by atoms with van der Waals surface area (Å²) in [6.45, 7) is 5.18. The van der Waals surface area contributed by atoms with E-state index in [0.29, 0.717) is 10.8 Å². The Labute approximate surface area is 188 Å². The van der Waals surface area contributed by atoms with Crippen LogP contribution in [0.5, 0.6) is 5.75 Å². The molecule has 0 N–H and O–H groups in total. The smallest absolute Gasteiger partial charge is 0.342 e. The molecule has 0 aliphatic carbocycles. The monoisotopic (exact) mass is 455 g/mol. The first-order valence-corrected chi connectivity index (χ1v) is 10.4. The summed E-state index contributed by atoms with van der Waals surface area (Å²) in [5.74, 6) is -0.814. The van der Waals surface area contributed by atoms with Crippen LogP contribution in [0.2, 0.25) is 0 Å². The Bertz CT molecular complexity index is 1190. The standard InChI is InChI=1S/C22H21N3O6S/c1-13-5-7-19(14(2)9-13)24(15(3)26)22-23-16(12-32-22)11-31-21(27)18-10-17(25(28)29)6-8-20(18)30-4/h5-10,12H,11H2,1-4H3. The number of methoxy groups -OCH3 is 1. The number of carbonyl (C=O) groups is 2. The van der Waals surface area contributed by atoms with Gasteiger partial charge in [0, 0.05) is 24.4 Å². The quantitative estimate of drug-likeness (QED) is 0.288. The first-order chi connectivity index (χ1) is 15.2. The molecular weight excluding hydrogens is 434 g/mol. The van der Waals surface area contributed by atoms with Gasteiger partial charge in [-0.2, -0.15) is 0 Å². The summed E-state index contributed by atoms with van der Waals surface area (Å²) in [6, 6.07) is 9.44. The lowest BCUT2D eigenvalue weighted by Gasteiger charge is -2.20. The van der Waals surface area contributed by atoms with Crippen molar-refractivity contribution >= 4 is 39.7 Å². The number of hydrogen-bond donors (Lipinski definition) is 0. The molecule has 1 heterocycles. The van der Waals surface area contributed by atoms with E-state index in [4.69, 9.17) is 9.47 Å². The van der Waals surface area contributed by atoms with Crippen molar-refractivity contribution in [3.63, 3.8) is 0 Å². The summed E-state index contributed by atoms with van der Waals surface area (Å²) in [7, 11) is 1.36. The van der Waals surface area contributed by atoms with Crippen LogP contribution in [0.1, 0.15) is 34.1 Å². The molecule has 0 aliphatic heterocycles. The van der Waals surface area contributed by atoms with Crippen molar-refractivity contribution in [1.82, 2.24) is 4.98 Å². The van der Waals surface area contributed by atoms with E-state index in [1.807, 2.05) is 32.0 Å². The Kier molecular flexibility index (Phi) is 6.84. The number of thiazole rings is 1. The number of amides is 1. The number of ether oxygens (including phenoxy) is 2. The molecule has 9 nitrogen and oxygen atoms in total. The topological polar surface area (TPSA) is 112 Å². The number of anilines is 2. The van der Waals surface area contributed by atoms with Crippen molar-refractivity contribution in [1.29, 1.82) is 0 Å². The second-order valence-electron chi connectivity index (χ2n) is 6.98. The van der Waals surface area contributed by atoms with Gasteiger partial charge in [0.2, 0.25) is 5.91 Å². The average molecular weight is 455 g/mol. The fraction of sp³-hybridized carbons (Fsp3) is 0.227. The van der Waals surface area contributed by atoms with Gasteiger partial charge in [-0.1, -0.05) is 17.7 Å². The highest BCUT2D eigenvalue weighted by molar-refractivity contribution is 7.14. The molecule has 32 heavy (non-hydrogen) atoms. The van der Waals surface area contributed by atoms with Crippen LogP contribution in [0.4, 0.5) is 16.5 Å². The van der Waals surface area contributed by atoms with Crippen LogP contribution < -0.4 is 9.64 Å². The molecule has 1 amide bonds. The minimum Gasteiger partial charge on any atom is -0.496 e. The van der Waals surface area contributed by atoms with Crippen molar-refractivity contribution in [3.8, 4) is 5.75 Å². The van der Waals surface area contributed by atoms with E-state index in [1.54, 1.807) is 5.38 Å². The molecule has 0 saturated heterocycles. The number of nitro benzene ring substituents is 1. The van der Waals surface area contributed by atoms with Gasteiger partial charge in [-0.3, -0.25) is 19.8 Å². The predicted octanol–water partition coefficient (Wildman–Crippen LogP) is 4.72. The molecule has 3 rings (SSSR count). The van der Waals surface area contributed by atoms with E-state index in [2.05, 4.69) is 4.98 Å². The second-order valence-corrected chi connectivity index (χ2v) is 7.82. The first-order valence-electron chi connectivity index (χ1n) is 9.53. The van der Waals surface area contributed by atoms with Gasteiger partial charge in [-0.05, 0) is 31.5 Å². The van der Waals surface area contributed by atoms with E-state index in [9.17, 15) is 19.7 Å². The summed E-state index contributed by atoms with van der Waals surface area (Å²) in [6.07, 6.45) is 0. The normalized spacial score (nSPS) is 10.5. The van der Waals surface area contributed by atoms with Crippen LogP contribution >= 0.6 is 11.3 Å². The molecule has 0 unspecified atom stereocenters. The molecular formula is C22H21N3O6S. The Hall–Kier alpha value is -3.79. The Balaban J connectivity index is 1.79. The van der Waals surface area contributed by atoms with E-state index in [1.165, 1.54) is 42.4 Å². The minimum atomic E-state index is -0.780. The molecule has 0 spiro atoms. The van der Waals surface area contributed by atoms with Crippen LogP contribution in [-0.2, 0) is 16.1 Å². The third-order valence-electron chi connectivity index (χ3n) is 4.60. The highest BCUT2D eigenvalue weighted by Crippen LogP contribution is 2.32. The van der Waals surface area contributed by atoms with Gasteiger partial charge in [0.25, 0.3) is 5.69 Å². The van der Waals surface area contributed by atoms with Crippen LogP contribution in [0.3, 0.4) is 0 Å². The van der Waals surface area contributed by atoms with Gasteiger partial charge in [0.05, 0.1) is 23.4 Å². The van der Waals surface area contributed by atoms with Crippen LogP contribution in [-0.4, -0.2) is 28.9 Å². The molecule has 2 aromatic carbocycles. The molecule has 0 saturated carbocycles. The van der Waals surface area contributed by atoms with Crippen LogP contribution in [0.25, 0.3) is 0 Å². The first kappa shape index (κ1) is 22.9. The summed E-state index contributed by atoms with van der Waals surface area (Å²) in [5, 5.41) is 13.1. The maximum Gasteiger partial charge on any atom is 0.342 e. The number of hydrogen-bond acceptors (Lipinski definition) is 8. The zero-order valence-corrected chi connectivity index (χ0v) is 18.8. The number of esters is 1. The van der Waals surface area contributed by atoms with Crippen molar-refractivity contribution in [2.75, 3.05) is 12.0 Å². The number of non-ortho nitro benzene ring substituents is 1. The summed E-state index contributed by atoms with van der Waals surface area (Å²) < 4.78 is 10.4. The van der Waals surface area contributed by atoms with E-state index in [0.717, 1.165) is 22.9 Å². The molecule has 0 bridgehead atoms. The lowest BCUT2D eigenvalue weighted by atomic mass is 10.1. The highest BCUT2D eigenvalue weighted by Gasteiger charge is 2.22. The molecule has 0 radical (unpaired) electrons. The van der Waals surface area contributed by atoms with E-state index < -0.39 is 10.9 Å². The number of nitrogens with zero attached hydrogens (tertiary/aromatic N) is 3. The Morgan fingerprint density at radius 3 is 2.56 bits per heavy atom. The third kappa shape index (κ3) is 4.92. The SMILES string of the molecule is COc1ccc([N+](=O)[O-])cc1C(=O)OCc1csc(N(C(C)=O)c2ccc(C)cc2C)n1. The Morgan fingerprint density at radius 1 is 1.19 bits per heavy atom. The molecule has 0 aliphatic rings. The third-order valence-corrected chi connectivity index (χ3v) is 5.48. The van der Waals surface area contributed by atoms with Crippen molar-refractivity contribution in [3.05, 3.63) is 74.3 Å². The van der Waals surface area contributed by atoms with E-state index in [-0.39, 0.29) is 29.5 Å². The average Bonchev–Trinajstić information content (AvgIpc) is 3.21. The lowest BCUT2D eigenvalue weighted by molar-refractivity contribution is -0.384. The number of benzene rings is 2. The fourth-order valence-corrected chi connectivity index (χ4v) is 3.98. The van der Waals surface area contributed by atoms with Gasteiger partial charge >= 0.3 is 5.97 Å². The van der Waals surface area contributed by atoms with Crippen molar-refractivity contribution in [2.45, 2.75) is 27.4 Å². The van der Waals surface area contributed by atoms with Gasteiger partial charge < -0.3 is 9.47 Å². The largest absolute Gasteiger partial charge is 0.496 e. The van der Waals surface area contributed by atoms with Gasteiger partial charge in [-0.25, -0.2) is 9.78 Å². The number of rotatable bonds is 7. The minimum absolute atomic E-state index is 0.0576. The van der Waals surface area contributed by atoms with Crippen molar-refractivity contribution in [2.24, 2.45) is 0 Å². The van der Waals surface area contributed by atoms with E-state index >= 15 is 0 Å². The van der Waals surface area contributed by atoms with Crippen LogP contribution in [0, 0.1) is 24.0 Å². The van der Waals surface area contributed by atoms with Gasteiger partial charge in [0.15, 0.2) is 5.13 Å². The second kappa shape index (κ2) is 9.56. The molecule has 166 valence electrons. The molecule has 3 aromatic rings. The summed E-state index contributed by atoms with van der Waals surface area (Å²) in [4.78, 5) is 41.2. The number of aromatic nitrogens is 1. The van der Waals surface area contributed by atoms with Gasteiger partial charge in [-0.15, -0.1) is 11.3 Å². The molecule has 0 atom stereocenters. The van der Waals surface area contributed by atoms with Gasteiger partial charge in [0.1, 0.15) is 17.9 Å². The maximum absolute atomic E-state index is 12.5.